The van der Waals surface area contributed by atoms with E-state index in [0.29, 0.717) is 23.8 Å². The third-order valence-electron chi connectivity index (χ3n) is 2.62. The number of carbonyl (C=O) groups is 1. The van der Waals surface area contributed by atoms with Crippen LogP contribution in [0.3, 0.4) is 0 Å². The Morgan fingerprint density at radius 2 is 2.11 bits per heavy atom. The van der Waals surface area contributed by atoms with Crippen molar-refractivity contribution in [3.8, 4) is 5.75 Å². The van der Waals surface area contributed by atoms with Crippen LogP contribution in [0.5, 0.6) is 5.75 Å². The maximum absolute atomic E-state index is 12.1. The fourth-order valence-electron chi connectivity index (χ4n) is 1.75. The Kier molecular flexibility index (Phi) is 6.86. The Morgan fingerprint density at radius 1 is 1.42 bits per heavy atom. The normalized spacial score (nSPS) is 12.3. The number of rotatable bonds is 6. The minimum atomic E-state index is -0.113. The molecule has 0 radical (unpaired) electrons. The molecule has 1 rings (SSSR count). The molecule has 0 aromatic heterocycles. The molecule has 3 nitrogen and oxygen atoms in total. The van der Waals surface area contributed by atoms with E-state index in [1.54, 1.807) is 19.2 Å². The molecule has 0 aliphatic carbocycles. The van der Waals surface area contributed by atoms with Gasteiger partial charge in [-0.05, 0) is 30.5 Å². The Hall–Kier alpha value is -0.550. The molecule has 1 aromatic rings. The average Bonchev–Trinajstić information content (AvgIpc) is 2.34. The molecule has 0 aliphatic rings. The standard InChI is InChI=1S/C14H19Br2NO2/c1-9(2)6-11(16)8-17-14(18)12-5-4-10(15)7-13(12)19-3/h4-5,7,9,11H,6,8H2,1-3H3,(H,17,18). The first-order chi connectivity index (χ1) is 8.93. The highest BCUT2D eigenvalue weighted by atomic mass is 79.9. The number of ether oxygens (including phenoxy) is 1. The quantitative estimate of drug-likeness (QED) is 0.743. The molecule has 0 aliphatic heterocycles. The maximum atomic E-state index is 12.1. The number of halogens is 2. The molecule has 0 saturated carbocycles. The van der Waals surface area contributed by atoms with Crippen molar-refractivity contribution in [2.75, 3.05) is 13.7 Å². The summed E-state index contributed by atoms with van der Waals surface area (Å²) >= 11 is 6.93. The molecule has 106 valence electrons. The fourth-order valence-corrected chi connectivity index (χ4v) is 3.00. The van der Waals surface area contributed by atoms with Gasteiger partial charge in [-0.15, -0.1) is 0 Å². The second kappa shape index (κ2) is 7.90. The zero-order valence-electron chi connectivity index (χ0n) is 11.4. The lowest BCUT2D eigenvalue weighted by Gasteiger charge is -2.14. The summed E-state index contributed by atoms with van der Waals surface area (Å²) in [7, 11) is 1.56. The first kappa shape index (κ1) is 16.5. The van der Waals surface area contributed by atoms with Crippen molar-refractivity contribution in [3.05, 3.63) is 28.2 Å². The average molecular weight is 393 g/mol. The second-order valence-corrected chi connectivity index (χ2v) is 6.99. The van der Waals surface area contributed by atoms with Gasteiger partial charge in [-0.1, -0.05) is 45.7 Å². The molecule has 1 amide bonds. The number of nitrogens with one attached hydrogen (secondary N) is 1. The lowest BCUT2D eigenvalue weighted by Crippen LogP contribution is -2.30. The van der Waals surface area contributed by atoms with E-state index in [2.05, 4.69) is 51.0 Å². The van der Waals surface area contributed by atoms with Gasteiger partial charge in [0, 0.05) is 15.8 Å². The molecule has 0 saturated heterocycles. The molecule has 1 N–H and O–H groups in total. The van der Waals surface area contributed by atoms with Crippen molar-refractivity contribution in [3.63, 3.8) is 0 Å². The molecule has 0 fully saturated rings. The zero-order chi connectivity index (χ0) is 14.4. The minimum absolute atomic E-state index is 0.113. The molecule has 1 atom stereocenters. The van der Waals surface area contributed by atoms with Crippen LogP contribution in [0, 0.1) is 5.92 Å². The second-order valence-electron chi connectivity index (χ2n) is 4.78. The molecular weight excluding hydrogens is 374 g/mol. The van der Waals surface area contributed by atoms with E-state index in [0.717, 1.165) is 10.9 Å². The SMILES string of the molecule is COc1cc(Br)ccc1C(=O)NCC(Br)CC(C)C. The van der Waals surface area contributed by atoms with Gasteiger partial charge < -0.3 is 10.1 Å². The van der Waals surface area contributed by atoms with Crippen LogP contribution in [0.1, 0.15) is 30.6 Å². The summed E-state index contributed by atoms with van der Waals surface area (Å²) in [4.78, 5) is 12.4. The van der Waals surface area contributed by atoms with Crippen molar-refractivity contribution in [1.29, 1.82) is 0 Å². The van der Waals surface area contributed by atoms with Gasteiger partial charge >= 0.3 is 0 Å². The van der Waals surface area contributed by atoms with E-state index in [-0.39, 0.29) is 10.7 Å². The van der Waals surface area contributed by atoms with Crippen LogP contribution in [-0.4, -0.2) is 24.4 Å². The Balaban J connectivity index is 2.63. The van der Waals surface area contributed by atoms with Crippen molar-refractivity contribution in [2.24, 2.45) is 5.92 Å². The molecule has 19 heavy (non-hydrogen) atoms. The van der Waals surface area contributed by atoms with Gasteiger partial charge in [0.1, 0.15) is 5.75 Å². The third kappa shape index (κ3) is 5.53. The van der Waals surface area contributed by atoms with Crippen molar-refractivity contribution < 1.29 is 9.53 Å². The molecule has 0 spiro atoms. The molecule has 1 aromatic carbocycles. The van der Waals surface area contributed by atoms with Crippen LogP contribution in [0.15, 0.2) is 22.7 Å². The molecule has 5 heteroatoms. The first-order valence-electron chi connectivity index (χ1n) is 6.19. The number of carbonyl (C=O) groups excluding carboxylic acids is 1. The zero-order valence-corrected chi connectivity index (χ0v) is 14.5. The van der Waals surface area contributed by atoms with Crippen LogP contribution in [-0.2, 0) is 0 Å². The molecular formula is C14H19Br2NO2. The van der Waals surface area contributed by atoms with Crippen LogP contribution in [0.25, 0.3) is 0 Å². The molecule has 0 heterocycles. The number of hydrogen-bond donors (Lipinski definition) is 1. The largest absolute Gasteiger partial charge is 0.496 e. The number of benzene rings is 1. The summed E-state index contributed by atoms with van der Waals surface area (Å²) < 4.78 is 6.10. The summed E-state index contributed by atoms with van der Waals surface area (Å²) in [6, 6.07) is 5.37. The van der Waals surface area contributed by atoms with Crippen molar-refractivity contribution in [2.45, 2.75) is 25.1 Å². The van der Waals surface area contributed by atoms with Gasteiger partial charge in [0.2, 0.25) is 0 Å². The highest BCUT2D eigenvalue weighted by Gasteiger charge is 2.14. The maximum Gasteiger partial charge on any atom is 0.255 e. The van der Waals surface area contributed by atoms with Crippen LogP contribution in [0.2, 0.25) is 0 Å². The molecule has 1 unspecified atom stereocenters. The van der Waals surface area contributed by atoms with Crippen LogP contribution < -0.4 is 10.1 Å². The highest BCUT2D eigenvalue weighted by Crippen LogP contribution is 2.23. The van der Waals surface area contributed by atoms with E-state index in [4.69, 9.17) is 4.74 Å². The number of alkyl halides is 1. The van der Waals surface area contributed by atoms with E-state index >= 15 is 0 Å². The van der Waals surface area contributed by atoms with E-state index in [1.807, 2.05) is 6.07 Å². The van der Waals surface area contributed by atoms with Gasteiger partial charge in [0.25, 0.3) is 5.91 Å². The predicted octanol–water partition coefficient (Wildman–Crippen LogP) is 4.00. The Bertz CT molecular complexity index is 435. The van der Waals surface area contributed by atoms with Gasteiger partial charge in [0.15, 0.2) is 0 Å². The van der Waals surface area contributed by atoms with Crippen molar-refractivity contribution >= 4 is 37.8 Å². The minimum Gasteiger partial charge on any atom is -0.496 e. The highest BCUT2D eigenvalue weighted by molar-refractivity contribution is 9.10. The van der Waals surface area contributed by atoms with Crippen LogP contribution in [0.4, 0.5) is 0 Å². The molecule has 0 bridgehead atoms. The lowest BCUT2D eigenvalue weighted by atomic mass is 10.1. The number of hydrogen-bond acceptors (Lipinski definition) is 2. The smallest absolute Gasteiger partial charge is 0.255 e. The summed E-state index contributed by atoms with van der Waals surface area (Å²) in [5.41, 5.74) is 0.551. The Labute approximate surface area is 131 Å². The summed E-state index contributed by atoms with van der Waals surface area (Å²) in [5, 5.41) is 2.92. The lowest BCUT2D eigenvalue weighted by molar-refractivity contribution is 0.0950. The summed E-state index contributed by atoms with van der Waals surface area (Å²) in [5.74, 6) is 1.06. The van der Waals surface area contributed by atoms with Crippen molar-refractivity contribution in [1.82, 2.24) is 5.32 Å². The summed E-state index contributed by atoms with van der Waals surface area (Å²) in [6.07, 6.45) is 1.03. The third-order valence-corrected chi connectivity index (χ3v) is 3.81. The monoisotopic (exact) mass is 391 g/mol. The van der Waals surface area contributed by atoms with E-state index < -0.39 is 0 Å². The van der Waals surface area contributed by atoms with Gasteiger partial charge in [0.05, 0.1) is 12.7 Å². The van der Waals surface area contributed by atoms with Gasteiger partial charge in [-0.3, -0.25) is 4.79 Å². The van der Waals surface area contributed by atoms with Gasteiger partial charge in [-0.2, -0.15) is 0 Å². The number of methoxy groups -OCH3 is 1. The van der Waals surface area contributed by atoms with E-state index in [1.165, 1.54) is 0 Å². The first-order valence-corrected chi connectivity index (χ1v) is 7.90. The number of amides is 1. The Morgan fingerprint density at radius 3 is 2.68 bits per heavy atom. The fraction of sp³-hybridized carbons (Fsp3) is 0.500. The summed E-state index contributed by atoms with van der Waals surface area (Å²) in [6.45, 7) is 4.93. The predicted molar refractivity (Wildman–Crippen MR) is 85.2 cm³/mol. The van der Waals surface area contributed by atoms with E-state index in [9.17, 15) is 4.79 Å². The van der Waals surface area contributed by atoms with Gasteiger partial charge in [-0.25, -0.2) is 0 Å². The topological polar surface area (TPSA) is 38.3 Å². The van der Waals surface area contributed by atoms with Crippen LogP contribution >= 0.6 is 31.9 Å².